The zero-order valence-corrected chi connectivity index (χ0v) is 14.7. The number of amides is 1. The molecule has 3 rings (SSSR count). The minimum absolute atomic E-state index is 0.125. The van der Waals surface area contributed by atoms with Gasteiger partial charge in [-0.2, -0.15) is 0 Å². The summed E-state index contributed by atoms with van der Waals surface area (Å²) in [5, 5.41) is 2.98. The van der Waals surface area contributed by atoms with Gasteiger partial charge in [-0.1, -0.05) is 12.1 Å². The predicted octanol–water partition coefficient (Wildman–Crippen LogP) is 3.43. The summed E-state index contributed by atoms with van der Waals surface area (Å²) >= 11 is 0. The van der Waals surface area contributed by atoms with Crippen LogP contribution in [0.15, 0.2) is 61.3 Å². The van der Waals surface area contributed by atoms with Gasteiger partial charge in [0.2, 0.25) is 0 Å². The van der Waals surface area contributed by atoms with Crippen LogP contribution in [-0.2, 0) is 0 Å². The Hall–Kier alpha value is -3.28. The van der Waals surface area contributed by atoms with Crippen LogP contribution < -0.4 is 10.1 Å². The van der Waals surface area contributed by atoms with Gasteiger partial charge in [0, 0.05) is 24.2 Å². The molecule has 3 aromatic rings. The van der Waals surface area contributed by atoms with E-state index < -0.39 is 0 Å². The van der Waals surface area contributed by atoms with Gasteiger partial charge in [0.1, 0.15) is 12.1 Å². The molecule has 0 aliphatic heterocycles. The maximum absolute atomic E-state index is 12.4. The summed E-state index contributed by atoms with van der Waals surface area (Å²) in [4.78, 5) is 24.7. The Bertz CT molecular complexity index is 849. The van der Waals surface area contributed by atoms with Gasteiger partial charge in [0.05, 0.1) is 23.9 Å². The van der Waals surface area contributed by atoms with E-state index in [4.69, 9.17) is 4.74 Å². The average Bonchev–Trinajstić information content (AvgIpc) is 2.69. The van der Waals surface area contributed by atoms with Crippen molar-refractivity contribution in [2.24, 2.45) is 0 Å². The Morgan fingerprint density at radius 1 is 1.08 bits per heavy atom. The van der Waals surface area contributed by atoms with Crippen molar-refractivity contribution in [2.75, 3.05) is 6.61 Å². The fourth-order valence-corrected chi connectivity index (χ4v) is 2.51. The molecule has 0 aliphatic rings. The van der Waals surface area contributed by atoms with E-state index in [1.54, 1.807) is 30.7 Å². The molecule has 2 aromatic heterocycles. The number of carbonyl (C=O) groups is 1. The van der Waals surface area contributed by atoms with E-state index in [0.717, 1.165) is 22.6 Å². The summed E-state index contributed by atoms with van der Waals surface area (Å²) in [5.74, 6) is 0.647. The lowest BCUT2D eigenvalue weighted by Crippen LogP contribution is -2.26. The van der Waals surface area contributed by atoms with Crippen LogP contribution in [0.3, 0.4) is 0 Å². The largest absolute Gasteiger partial charge is 0.494 e. The van der Waals surface area contributed by atoms with Crippen LogP contribution >= 0.6 is 0 Å². The quantitative estimate of drug-likeness (QED) is 0.738. The van der Waals surface area contributed by atoms with Crippen LogP contribution in [-0.4, -0.2) is 27.5 Å². The molecule has 0 spiro atoms. The highest BCUT2D eigenvalue weighted by Gasteiger charge is 2.12. The number of nitrogens with zero attached hydrogens (tertiary/aromatic N) is 3. The normalized spacial score (nSPS) is 11.6. The minimum atomic E-state index is -0.172. The fraction of sp³-hybridized carbons (Fsp3) is 0.200. The molecule has 0 saturated heterocycles. The molecule has 1 N–H and O–H groups in total. The van der Waals surface area contributed by atoms with Crippen LogP contribution in [0.25, 0.3) is 11.3 Å². The molecule has 1 atom stereocenters. The van der Waals surface area contributed by atoms with Gasteiger partial charge in [-0.05, 0) is 43.7 Å². The number of hydrogen-bond acceptors (Lipinski definition) is 5. The molecule has 1 aromatic carbocycles. The summed E-state index contributed by atoms with van der Waals surface area (Å²) in [6.45, 7) is 4.52. The number of nitrogens with one attached hydrogen (secondary N) is 1. The zero-order valence-electron chi connectivity index (χ0n) is 14.7. The first-order chi connectivity index (χ1) is 12.7. The smallest absolute Gasteiger partial charge is 0.253 e. The SMILES string of the molecule is CCOc1ccc([C@H](C)NC(=O)c2ccc(-c3cncnc3)nc2)cc1. The second kappa shape index (κ2) is 8.20. The maximum Gasteiger partial charge on any atom is 0.253 e. The van der Waals surface area contributed by atoms with Crippen LogP contribution in [0, 0.1) is 0 Å². The van der Waals surface area contributed by atoms with Crippen LogP contribution in [0.2, 0.25) is 0 Å². The van der Waals surface area contributed by atoms with Gasteiger partial charge in [-0.3, -0.25) is 9.78 Å². The van der Waals surface area contributed by atoms with Crippen molar-refractivity contribution in [3.8, 4) is 17.0 Å². The number of carbonyl (C=O) groups excluding carboxylic acids is 1. The first-order valence-electron chi connectivity index (χ1n) is 8.42. The highest BCUT2D eigenvalue weighted by molar-refractivity contribution is 5.94. The molecule has 0 fully saturated rings. The number of pyridine rings is 1. The number of rotatable bonds is 6. The van der Waals surface area contributed by atoms with E-state index in [1.807, 2.05) is 38.1 Å². The fourth-order valence-electron chi connectivity index (χ4n) is 2.51. The molecule has 0 saturated carbocycles. The summed E-state index contributed by atoms with van der Waals surface area (Å²) < 4.78 is 5.43. The van der Waals surface area contributed by atoms with Crippen molar-refractivity contribution in [3.05, 3.63) is 72.4 Å². The van der Waals surface area contributed by atoms with Crippen molar-refractivity contribution >= 4 is 5.91 Å². The lowest BCUT2D eigenvalue weighted by molar-refractivity contribution is 0.0939. The van der Waals surface area contributed by atoms with Gasteiger partial charge in [0.25, 0.3) is 5.91 Å². The predicted molar refractivity (Wildman–Crippen MR) is 98.8 cm³/mol. The van der Waals surface area contributed by atoms with Gasteiger partial charge in [-0.15, -0.1) is 0 Å². The summed E-state index contributed by atoms with van der Waals surface area (Å²) in [6, 6.07) is 11.1. The van der Waals surface area contributed by atoms with Crippen molar-refractivity contribution in [1.29, 1.82) is 0 Å². The number of hydrogen-bond donors (Lipinski definition) is 1. The number of ether oxygens (including phenoxy) is 1. The molecule has 0 bridgehead atoms. The van der Waals surface area contributed by atoms with E-state index in [9.17, 15) is 4.79 Å². The van der Waals surface area contributed by atoms with E-state index in [-0.39, 0.29) is 11.9 Å². The summed E-state index contributed by atoms with van der Waals surface area (Å²) in [6.07, 6.45) is 6.39. The molecule has 1 amide bonds. The van der Waals surface area contributed by atoms with E-state index >= 15 is 0 Å². The van der Waals surface area contributed by atoms with Gasteiger partial charge >= 0.3 is 0 Å². The average molecular weight is 348 g/mol. The highest BCUT2D eigenvalue weighted by Crippen LogP contribution is 2.19. The molecule has 0 radical (unpaired) electrons. The zero-order chi connectivity index (χ0) is 18.4. The third-order valence-corrected chi connectivity index (χ3v) is 3.92. The van der Waals surface area contributed by atoms with Gasteiger partial charge < -0.3 is 10.1 Å². The van der Waals surface area contributed by atoms with E-state index in [2.05, 4.69) is 20.3 Å². The highest BCUT2D eigenvalue weighted by atomic mass is 16.5. The van der Waals surface area contributed by atoms with Crippen LogP contribution in [0.1, 0.15) is 35.8 Å². The molecule has 0 unspecified atom stereocenters. The second-order valence-corrected chi connectivity index (χ2v) is 5.76. The standard InChI is InChI=1S/C20H20N4O2/c1-3-26-18-7-4-15(5-8-18)14(2)24-20(25)16-6-9-19(23-12-16)17-10-21-13-22-11-17/h4-14H,3H2,1-2H3,(H,24,25)/t14-/m0/s1. The Morgan fingerprint density at radius 2 is 1.81 bits per heavy atom. The molecule has 6 nitrogen and oxygen atoms in total. The first kappa shape index (κ1) is 17.5. The van der Waals surface area contributed by atoms with Crippen molar-refractivity contribution < 1.29 is 9.53 Å². The van der Waals surface area contributed by atoms with Gasteiger partial charge in [-0.25, -0.2) is 9.97 Å². The third-order valence-electron chi connectivity index (χ3n) is 3.92. The molecular formula is C20H20N4O2. The first-order valence-corrected chi connectivity index (χ1v) is 8.42. The molecule has 0 aliphatic carbocycles. The monoisotopic (exact) mass is 348 g/mol. The topological polar surface area (TPSA) is 77.0 Å². The van der Waals surface area contributed by atoms with Crippen LogP contribution in [0.5, 0.6) is 5.75 Å². The number of benzene rings is 1. The molecule has 26 heavy (non-hydrogen) atoms. The van der Waals surface area contributed by atoms with E-state index in [0.29, 0.717) is 12.2 Å². The van der Waals surface area contributed by atoms with Crippen LogP contribution in [0.4, 0.5) is 0 Å². The van der Waals surface area contributed by atoms with Crippen molar-refractivity contribution in [1.82, 2.24) is 20.3 Å². The Balaban J connectivity index is 1.65. The lowest BCUT2D eigenvalue weighted by Gasteiger charge is -2.15. The lowest BCUT2D eigenvalue weighted by atomic mass is 10.1. The van der Waals surface area contributed by atoms with Crippen molar-refractivity contribution in [2.45, 2.75) is 19.9 Å². The minimum Gasteiger partial charge on any atom is -0.494 e. The van der Waals surface area contributed by atoms with E-state index in [1.165, 1.54) is 6.33 Å². The van der Waals surface area contributed by atoms with Gasteiger partial charge in [0.15, 0.2) is 0 Å². The van der Waals surface area contributed by atoms with Crippen molar-refractivity contribution in [3.63, 3.8) is 0 Å². The molecular weight excluding hydrogens is 328 g/mol. The maximum atomic E-state index is 12.4. The number of aromatic nitrogens is 3. The summed E-state index contributed by atoms with van der Waals surface area (Å²) in [5.41, 5.74) is 3.04. The molecule has 2 heterocycles. The second-order valence-electron chi connectivity index (χ2n) is 5.76. The third kappa shape index (κ3) is 4.22. The summed E-state index contributed by atoms with van der Waals surface area (Å²) in [7, 11) is 0. The molecule has 6 heteroatoms. The Kier molecular flexibility index (Phi) is 5.53. The Labute approximate surface area is 152 Å². The molecule has 132 valence electrons. The Morgan fingerprint density at radius 3 is 2.42 bits per heavy atom.